The number of rotatable bonds is 2. The molecule has 0 radical (unpaired) electrons. The van der Waals surface area contributed by atoms with E-state index in [0.29, 0.717) is 0 Å². The Balaban J connectivity index is 3.15. The molecule has 0 aliphatic carbocycles. The van der Waals surface area contributed by atoms with Crippen LogP contribution in [0.2, 0.25) is 0 Å². The van der Waals surface area contributed by atoms with Crippen LogP contribution in [0.4, 0.5) is 10.1 Å². The van der Waals surface area contributed by atoms with Gasteiger partial charge in [-0.3, -0.25) is 4.79 Å². The SMILES string of the molecule is Nc1c(F)cccc1[C@H](N)C(=O)O. The number of hydrogen-bond acceptors (Lipinski definition) is 3. The Morgan fingerprint density at radius 3 is 2.69 bits per heavy atom. The molecule has 0 bridgehead atoms. The third-order valence-corrected chi connectivity index (χ3v) is 1.69. The first-order valence-electron chi connectivity index (χ1n) is 3.56. The molecule has 4 nitrogen and oxygen atoms in total. The Morgan fingerprint density at radius 2 is 2.15 bits per heavy atom. The summed E-state index contributed by atoms with van der Waals surface area (Å²) in [4.78, 5) is 10.5. The second kappa shape index (κ2) is 3.40. The first-order chi connectivity index (χ1) is 6.04. The number of halogens is 1. The fourth-order valence-electron chi connectivity index (χ4n) is 0.958. The zero-order valence-electron chi connectivity index (χ0n) is 6.70. The highest BCUT2D eigenvalue weighted by Crippen LogP contribution is 2.21. The second-order valence-corrected chi connectivity index (χ2v) is 2.56. The standard InChI is InChI=1S/C8H9FN2O2/c9-5-3-1-2-4(6(5)10)7(11)8(12)13/h1-3,7H,10-11H2,(H,12,13)/t7-/m0/s1. The van der Waals surface area contributed by atoms with Gasteiger partial charge < -0.3 is 16.6 Å². The molecule has 0 spiro atoms. The van der Waals surface area contributed by atoms with E-state index in [1.54, 1.807) is 0 Å². The molecule has 0 aliphatic rings. The summed E-state index contributed by atoms with van der Waals surface area (Å²) >= 11 is 0. The molecular formula is C8H9FN2O2. The Labute approximate surface area is 74.0 Å². The van der Waals surface area contributed by atoms with Crippen LogP contribution in [0.5, 0.6) is 0 Å². The van der Waals surface area contributed by atoms with E-state index in [2.05, 4.69) is 0 Å². The van der Waals surface area contributed by atoms with Gasteiger partial charge in [0.1, 0.15) is 11.9 Å². The van der Waals surface area contributed by atoms with Gasteiger partial charge in [0, 0.05) is 5.56 Å². The molecule has 1 aromatic carbocycles. The lowest BCUT2D eigenvalue weighted by atomic mass is 10.1. The summed E-state index contributed by atoms with van der Waals surface area (Å²) < 4.78 is 12.8. The molecule has 5 heteroatoms. The third kappa shape index (κ3) is 1.75. The van der Waals surface area contributed by atoms with E-state index in [1.807, 2.05) is 0 Å². The average molecular weight is 184 g/mol. The summed E-state index contributed by atoms with van der Waals surface area (Å²) in [6.07, 6.45) is 0. The molecule has 0 heterocycles. The van der Waals surface area contributed by atoms with Gasteiger partial charge in [-0.2, -0.15) is 0 Å². The molecule has 1 rings (SSSR count). The molecule has 0 aromatic heterocycles. The zero-order valence-corrected chi connectivity index (χ0v) is 6.70. The summed E-state index contributed by atoms with van der Waals surface area (Å²) in [6.45, 7) is 0. The third-order valence-electron chi connectivity index (χ3n) is 1.69. The van der Waals surface area contributed by atoms with Crippen LogP contribution in [-0.2, 0) is 4.79 Å². The smallest absolute Gasteiger partial charge is 0.325 e. The van der Waals surface area contributed by atoms with Crippen molar-refractivity contribution in [2.45, 2.75) is 6.04 Å². The quantitative estimate of drug-likeness (QED) is 0.583. The van der Waals surface area contributed by atoms with E-state index in [1.165, 1.54) is 12.1 Å². The van der Waals surface area contributed by atoms with Crippen LogP contribution >= 0.6 is 0 Å². The molecule has 1 aromatic rings. The molecule has 0 amide bonds. The molecule has 70 valence electrons. The molecule has 5 N–H and O–H groups in total. The summed E-state index contributed by atoms with van der Waals surface area (Å²) in [5.41, 5.74) is 10.4. The lowest BCUT2D eigenvalue weighted by Gasteiger charge is -2.09. The average Bonchev–Trinajstić information content (AvgIpc) is 2.08. The van der Waals surface area contributed by atoms with Crippen molar-refractivity contribution in [3.05, 3.63) is 29.6 Å². The maximum absolute atomic E-state index is 12.8. The molecule has 13 heavy (non-hydrogen) atoms. The number of anilines is 1. The van der Waals surface area contributed by atoms with Gasteiger partial charge in [-0.15, -0.1) is 0 Å². The minimum Gasteiger partial charge on any atom is -0.480 e. The number of carboxylic acids is 1. The highest BCUT2D eigenvalue weighted by atomic mass is 19.1. The van der Waals surface area contributed by atoms with Crippen molar-refractivity contribution in [3.63, 3.8) is 0 Å². The van der Waals surface area contributed by atoms with Crippen LogP contribution in [-0.4, -0.2) is 11.1 Å². The number of carboxylic acid groups (broad SMARTS) is 1. The number of hydrogen-bond donors (Lipinski definition) is 3. The maximum Gasteiger partial charge on any atom is 0.325 e. The van der Waals surface area contributed by atoms with Crippen molar-refractivity contribution in [3.8, 4) is 0 Å². The van der Waals surface area contributed by atoms with Crippen LogP contribution in [0.1, 0.15) is 11.6 Å². The van der Waals surface area contributed by atoms with Crippen molar-refractivity contribution in [2.24, 2.45) is 5.73 Å². The predicted molar refractivity (Wildman–Crippen MR) is 45.4 cm³/mol. The summed E-state index contributed by atoms with van der Waals surface area (Å²) in [5, 5.41) is 8.55. The molecule has 0 unspecified atom stereocenters. The van der Waals surface area contributed by atoms with Gasteiger partial charge in [-0.1, -0.05) is 12.1 Å². The summed E-state index contributed by atoms with van der Waals surface area (Å²) in [6, 6.07) is 2.62. The second-order valence-electron chi connectivity index (χ2n) is 2.56. The van der Waals surface area contributed by atoms with Crippen LogP contribution in [0.3, 0.4) is 0 Å². The monoisotopic (exact) mass is 184 g/mol. The Kier molecular flexibility index (Phi) is 2.48. The zero-order chi connectivity index (χ0) is 10.0. The maximum atomic E-state index is 12.8. The minimum atomic E-state index is -1.28. The summed E-state index contributed by atoms with van der Waals surface area (Å²) in [7, 11) is 0. The highest BCUT2D eigenvalue weighted by Gasteiger charge is 2.18. The van der Waals surface area contributed by atoms with Crippen molar-refractivity contribution in [1.29, 1.82) is 0 Å². The first kappa shape index (κ1) is 9.47. The number of nitrogens with two attached hydrogens (primary N) is 2. The lowest BCUT2D eigenvalue weighted by Crippen LogP contribution is -2.22. The molecule has 0 aliphatic heterocycles. The molecule has 0 fully saturated rings. The Morgan fingerprint density at radius 1 is 1.54 bits per heavy atom. The largest absolute Gasteiger partial charge is 0.480 e. The lowest BCUT2D eigenvalue weighted by molar-refractivity contribution is -0.138. The number of benzene rings is 1. The van der Waals surface area contributed by atoms with Crippen LogP contribution in [0.15, 0.2) is 18.2 Å². The van der Waals surface area contributed by atoms with Gasteiger partial charge in [0.2, 0.25) is 0 Å². The number of aliphatic carboxylic acids is 1. The number of nitrogen functional groups attached to an aromatic ring is 1. The van der Waals surface area contributed by atoms with Gasteiger partial charge in [-0.25, -0.2) is 4.39 Å². The van der Waals surface area contributed by atoms with E-state index in [-0.39, 0.29) is 11.3 Å². The van der Waals surface area contributed by atoms with E-state index in [0.717, 1.165) is 6.07 Å². The van der Waals surface area contributed by atoms with E-state index in [4.69, 9.17) is 16.6 Å². The van der Waals surface area contributed by atoms with Gasteiger partial charge in [0.15, 0.2) is 0 Å². The number of carbonyl (C=O) groups is 1. The van der Waals surface area contributed by atoms with Gasteiger partial charge in [-0.05, 0) is 6.07 Å². The minimum absolute atomic E-state index is 0.0903. The fraction of sp³-hybridized carbons (Fsp3) is 0.125. The van der Waals surface area contributed by atoms with Crippen molar-refractivity contribution in [2.75, 3.05) is 5.73 Å². The molecular weight excluding hydrogens is 175 g/mol. The fourth-order valence-corrected chi connectivity index (χ4v) is 0.958. The van der Waals surface area contributed by atoms with Crippen LogP contribution in [0, 0.1) is 5.82 Å². The normalized spacial score (nSPS) is 12.5. The Hall–Kier alpha value is -1.62. The van der Waals surface area contributed by atoms with E-state index >= 15 is 0 Å². The van der Waals surface area contributed by atoms with Crippen molar-refractivity contribution in [1.82, 2.24) is 0 Å². The highest BCUT2D eigenvalue weighted by molar-refractivity contribution is 5.77. The number of para-hydroxylation sites is 1. The predicted octanol–water partition coefficient (Wildman–Crippen LogP) is 0.492. The van der Waals surface area contributed by atoms with E-state index in [9.17, 15) is 9.18 Å². The van der Waals surface area contributed by atoms with E-state index < -0.39 is 17.8 Å². The van der Waals surface area contributed by atoms with Crippen LogP contribution < -0.4 is 11.5 Å². The summed E-state index contributed by atoms with van der Waals surface area (Å²) in [5.74, 6) is -1.90. The first-order valence-corrected chi connectivity index (χ1v) is 3.56. The molecule has 0 saturated carbocycles. The topological polar surface area (TPSA) is 89.3 Å². The van der Waals surface area contributed by atoms with Crippen molar-refractivity contribution < 1.29 is 14.3 Å². The van der Waals surface area contributed by atoms with Crippen LogP contribution in [0.25, 0.3) is 0 Å². The molecule has 0 saturated heterocycles. The molecule has 1 atom stereocenters. The van der Waals surface area contributed by atoms with Gasteiger partial charge in [0.25, 0.3) is 0 Å². The van der Waals surface area contributed by atoms with Gasteiger partial charge in [0.05, 0.1) is 5.69 Å². The van der Waals surface area contributed by atoms with Gasteiger partial charge >= 0.3 is 5.97 Å². The van der Waals surface area contributed by atoms with Crippen molar-refractivity contribution >= 4 is 11.7 Å². The Bertz CT molecular complexity index is 341.